The van der Waals surface area contributed by atoms with Gasteiger partial charge >= 0.3 is 0 Å². The maximum Gasteiger partial charge on any atom is 0.162 e. The third-order valence-electron chi connectivity index (χ3n) is 3.45. The molecule has 2 aromatic rings. The molecule has 0 saturated carbocycles. The molecular formula is C16H22N2O2S. The monoisotopic (exact) mass is 306 g/mol. The van der Waals surface area contributed by atoms with Crippen LogP contribution in [0, 0.1) is 0 Å². The van der Waals surface area contributed by atoms with Crippen LogP contribution in [0.25, 0.3) is 0 Å². The second-order valence-corrected chi connectivity index (χ2v) is 6.07. The number of para-hydroxylation sites is 1. The quantitative estimate of drug-likeness (QED) is 0.825. The number of nitrogens with zero attached hydrogens (tertiary/aromatic N) is 1. The first kappa shape index (κ1) is 15.8. The molecular weight excluding hydrogens is 284 g/mol. The fourth-order valence-electron chi connectivity index (χ4n) is 2.24. The highest BCUT2D eigenvalue weighted by Crippen LogP contribution is 2.29. The number of thiophene rings is 1. The molecule has 1 heterocycles. The minimum atomic E-state index is 0.213. The first-order chi connectivity index (χ1) is 10.1. The van der Waals surface area contributed by atoms with Crippen molar-refractivity contribution >= 4 is 11.3 Å². The molecule has 0 aliphatic heterocycles. The van der Waals surface area contributed by atoms with Crippen LogP contribution >= 0.6 is 11.3 Å². The number of benzene rings is 1. The van der Waals surface area contributed by atoms with Gasteiger partial charge in [0, 0.05) is 23.5 Å². The van der Waals surface area contributed by atoms with Gasteiger partial charge in [0.2, 0.25) is 0 Å². The van der Waals surface area contributed by atoms with Crippen molar-refractivity contribution in [2.45, 2.75) is 12.6 Å². The van der Waals surface area contributed by atoms with Crippen molar-refractivity contribution < 1.29 is 9.84 Å². The Bertz CT molecular complexity index is 555. The van der Waals surface area contributed by atoms with Crippen LogP contribution in [0.2, 0.25) is 0 Å². The van der Waals surface area contributed by atoms with E-state index in [0.29, 0.717) is 18.3 Å². The van der Waals surface area contributed by atoms with E-state index in [-0.39, 0.29) is 5.75 Å². The lowest BCUT2D eigenvalue weighted by Gasteiger charge is -2.23. The molecule has 0 radical (unpaired) electrons. The Hall–Kier alpha value is -1.56. The van der Waals surface area contributed by atoms with E-state index >= 15 is 0 Å². The minimum Gasteiger partial charge on any atom is -0.504 e. The number of aromatic hydroxyl groups is 1. The number of hydrogen-bond acceptors (Lipinski definition) is 5. The molecule has 0 bridgehead atoms. The lowest BCUT2D eigenvalue weighted by atomic mass is 10.1. The fourth-order valence-corrected chi connectivity index (χ4v) is 3.16. The van der Waals surface area contributed by atoms with Crippen LogP contribution in [0.3, 0.4) is 0 Å². The summed E-state index contributed by atoms with van der Waals surface area (Å²) in [5.74, 6) is 0.724. The van der Waals surface area contributed by atoms with E-state index < -0.39 is 0 Å². The average molecular weight is 306 g/mol. The first-order valence-corrected chi connectivity index (χ1v) is 7.77. The summed E-state index contributed by atoms with van der Waals surface area (Å²) >= 11 is 1.76. The molecule has 1 unspecified atom stereocenters. The van der Waals surface area contributed by atoms with Gasteiger partial charge in [-0.15, -0.1) is 11.3 Å². The highest BCUT2D eigenvalue weighted by atomic mass is 32.1. The van der Waals surface area contributed by atoms with Crippen molar-refractivity contribution in [1.82, 2.24) is 10.2 Å². The van der Waals surface area contributed by atoms with E-state index in [2.05, 4.69) is 41.8 Å². The van der Waals surface area contributed by atoms with Gasteiger partial charge < -0.3 is 20.1 Å². The summed E-state index contributed by atoms with van der Waals surface area (Å²) in [6.45, 7) is 1.43. The molecule has 0 spiro atoms. The second kappa shape index (κ2) is 7.45. The molecule has 0 aliphatic carbocycles. The highest BCUT2D eigenvalue weighted by molar-refractivity contribution is 7.10. The van der Waals surface area contributed by atoms with Gasteiger partial charge in [-0.05, 0) is 31.6 Å². The van der Waals surface area contributed by atoms with Gasteiger partial charge in [0.25, 0.3) is 0 Å². The largest absolute Gasteiger partial charge is 0.504 e. The molecule has 2 rings (SSSR count). The molecule has 4 nitrogen and oxygen atoms in total. The van der Waals surface area contributed by atoms with E-state index in [0.717, 1.165) is 12.1 Å². The summed E-state index contributed by atoms with van der Waals surface area (Å²) in [7, 11) is 5.72. The standard InChI is InChI=1S/C16H22N2O2S/c1-18(2)13(15-8-5-9-21-15)11-17-10-12-6-4-7-14(20-3)16(12)19/h4-9,13,17,19H,10-11H2,1-3H3. The van der Waals surface area contributed by atoms with Crippen LogP contribution in [-0.4, -0.2) is 37.8 Å². The van der Waals surface area contributed by atoms with Gasteiger partial charge in [-0.3, -0.25) is 0 Å². The number of methoxy groups -OCH3 is 1. The minimum absolute atomic E-state index is 0.213. The zero-order chi connectivity index (χ0) is 15.2. The number of phenols is 1. The SMILES string of the molecule is COc1cccc(CNCC(c2cccs2)N(C)C)c1O. The van der Waals surface area contributed by atoms with Crippen molar-refractivity contribution in [3.8, 4) is 11.5 Å². The van der Waals surface area contributed by atoms with Crippen LogP contribution in [0.15, 0.2) is 35.7 Å². The maximum atomic E-state index is 10.1. The molecule has 21 heavy (non-hydrogen) atoms. The molecule has 0 aliphatic rings. The Balaban J connectivity index is 1.97. The summed E-state index contributed by atoms with van der Waals surface area (Å²) in [4.78, 5) is 3.53. The zero-order valence-corrected chi connectivity index (χ0v) is 13.5. The second-order valence-electron chi connectivity index (χ2n) is 5.09. The lowest BCUT2D eigenvalue weighted by molar-refractivity contribution is 0.291. The number of rotatable bonds is 7. The van der Waals surface area contributed by atoms with Gasteiger partial charge in [0.1, 0.15) is 0 Å². The molecule has 1 aromatic carbocycles. The normalized spacial score (nSPS) is 12.6. The fraction of sp³-hybridized carbons (Fsp3) is 0.375. The summed E-state index contributed by atoms with van der Waals surface area (Å²) in [6, 6.07) is 10.1. The topological polar surface area (TPSA) is 44.7 Å². The third-order valence-corrected chi connectivity index (χ3v) is 4.42. The number of ether oxygens (including phenoxy) is 1. The Kier molecular flexibility index (Phi) is 5.61. The first-order valence-electron chi connectivity index (χ1n) is 6.89. The Morgan fingerprint density at radius 1 is 1.29 bits per heavy atom. The number of likely N-dealkylation sites (N-methyl/N-ethyl adjacent to an activating group) is 1. The summed E-state index contributed by atoms with van der Waals surface area (Å²) < 4.78 is 5.13. The summed E-state index contributed by atoms with van der Waals surface area (Å²) in [5.41, 5.74) is 0.845. The van der Waals surface area contributed by atoms with Crippen molar-refractivity contribution in [2.75, 3.05) is 27.7 Å². The van der Waals surface area contributed by atoms with Crippen LogP contribution < -0.4 is 10.1 Å². The molecule has 114 valence electrons. The van der Waals surface area contributed by atoms with Gasteiger partial charge in [0.05, 0.1) is 13.2 Å². The number of hydrogen-bond donors (Lipinski definition) is 2. The molecule has 1 aromatic heterocycles. The van der Waals surface area contributed by atoms with Crippen LogP contribution in [0.4, 0.5) is 0 Å². The van der Waals surface area contributed by atoms with Gasteiger partial charge in [-0.25, -0.2) is 0 Å². The predicted molar refractivity (Wildman–Crippen MR) is 87.1 cm³/mol. The molecule has 0 amide bonds. The van der Waals surface area contributed by atoms with E-state index in [9.17, 15) is 5.11 Å². The van der Waals surface area contributed by atoms with E-state index in [1.165, 1.54) is 4.88 Å². The smallest absolute Gasteiger partial charge is 0.162 e. The third kappa shape index (κ3) is 3.97. The van der Waals surface area contributed by atoms with Crippen LogP contribution in [0.5, 0.6) is 11.5 Å². The Morgan fingerprint density at radius 3 is 2.71 bits per heavy atom. The van der Waals surface area contributed by atoms with Gasteiger partial charge in [-0.1, -0.05) is 18.2 Å². The molecule has 2 N–H and O–H groups in total. The van der Waals surface area contributed by atoms with E-state index in [4.69, 9.17) is 4.74 Å². The van der Waals surface area contributed by atoms with E-state index in [1.54, 1.807) is 24.5 Å². The van der Waals surface area contributed by atoms with E-state index in [1.807, 2.05) is 12.1 Å². The Morgan fingerprint density at radius 2 is 2.10 bits per heavy atom. The zero-order valence-electron chi connectivity index (χ0n) is 12.7. The van der Waals surface area contributed by atoms with Crippen LogP contribution in [-0.2, 0) is 6.54 Å². The van der Waals surface area contributed by atoms with Crippen molar-refractivity contribution in [3.05, 3.63) is 46.2 Å². The molecule has 5 heteroatoms. The average Bonchev–Trinajstić information content (AvgIpc) is 2.98. The highest BCUT2D eigenvalue weighted by Gasteiger charge is 2.15. The molecule has 0 fully saturated rings. The van der Waals surface area contributed by atoms with Crippen LogP contribution in [0.1, 0.15) is 16.5 Å². The van der Waals surface area contributed by atoms with Crippen molar-refractivity contribution in [3.63, 3.8) is 0 Å². The van der Waals surface area contributed by atoms with Gasteiger partial charge in [-0.2, -0.15) is 0 Å². The Labute approximate surface area is 130 Å². The van der Waals surface area contributed by atoms with Crippen molar-refractivity contribution in [2.24, 2.45) is 0 Å². The molecule has 1 atom stereocenters. The lowest BCUT2D eigenvalue weighted by Crippen LogP contribution is -2.30. The maximum absolute atomic E-state index is 10.1. The number of nitrogens with one attached hydrogen (secondary N) is 1. The summed E-state index contributed by atoms with van der Waals surface area (Å²) in [5, 5.41) is 15.6. The number of phenolic OH excluding ortho intramolecular Hbond substituents is 1. The van der Waals surface area contributed by atoms with Gasteiger partial charge in [0.15, 0.2) is 11.5 Å². The predicted octanol–water partition coefficient (Wildman–Crippen LogP) is 2.85. The summed E-state index contributed by atoms with van der Waals surface area (Å²) in [6.07, 6.45) is 0. The van der Waals surface area contributed by atoms with Crippen molar-refractivity contribution in [1.29, 1.82) is 0 Å². The molecule has 0 saturated heterocycles.